The highest BCUT2D eigenvalue weighted by atomic mass is 16.6. The lowest BCUT2D eigenvalue weighted by atomic mass is 10.2. The first-order valence-corrected chi connectivity index (χ1v) is 2.88. The number of nitrogens with zero attached hydrogens (tertiary/aromatic N) is 2. The van der Waals surface area contributed by atoms with Crippen molar-refractivity contribution in [2.75, 3.05) is 0 Å². The van der Waals surface area contributed by atoms with Gasteiger partial charge in [-0.15, -0.1) is 0 Å². The molecule has 0 heterocycles. The van der Waals surface area contributed by atoms with Crippen LogP contribution in [0.15, 0.2) is 24.3 Å². The first-order chi connectivity index (χ1) is 5.24. The molecule has 0 atom stereocenters. The molecule has 0 amide bonds. The standard InChI is InChI=1S/C7H4N2O2.CH4/c8-5-6-2-1-3-7(4-6)9(10)11;/h1-4H;1H4. The van der Waals surface area contributed by atoms with Gasteiger partial charge < -0.3 is 0 Å². The Morgan fingerprint density at radius 3 is 2.67 bits per heavy atom. The summed E-state index contributed by atoms with van der Waals surface area (Å²) in [6.07, 6.45) is 0. The van der Waals surface area contributed by atoms with Gasteiger partial charge >= 0.3 is 0 Å². The summed E-state index contributed by atoms with van der Waals surface area (Å²) in [4.78, 5) is 9.64. The van der Waals surface area contributed by atoms with E-state index < -0.39 is 4.92 Å². The minimum Gasteiger partial charge on any atom is -0.258 e. The first-order valence-electron chi connectivity index (χ1n) is 2.88. The van der Waals surface area contributed by atoms with Gasteiger partial charge in [-0.2, -0.15) is 5.26 Å². The van der Waals surface area contributed by atoms with Crippen LogP contribution in [0.2, 0.25) is 0 Å². The van der Waals surface area contributed by atoms with Gasteiger partial charge in [-0.3, -0.25) is 10.1 Å². The minimum atomic E-state index is -0.527. The molecule has 4 nitrogen and oxygen atoms in total. The smallest absolute Gasteiger partial charge is 0.258 e. The Balaban J connectivity index is 0.00000121. The van der Waals surface area contributed by atoms with E-state index >= 15 is 0 Å². The number of rotatable bonds is 1. The lowest BCUT2D eigenvalue weighted by Gasteiger charge is -1.89. The van der Waals surface area contributed by atoms with Gasteiger partial charge in [0, 0.05) is 12.1 Å². The summed E-state index contributed by atoms with van der Waals surface area (Å²) in [5, 5.41) is 18.5. The lowest BCUT2D eigenvalue weighted by Crippen LogP contribution is -1.87. The SMILES string of the molecule is C.N#Cc1cccc([N+](=O)[O-])c1. The average molecular weight is 164 g/mol. The summed E-state index contributed by atoms with van der Waals surface area (Å²) >= 11 is 0. The molecule has 4 heteroatoms. The van der Waals surface area contributed by atoms with Crippen molar-refractivity contribution >= 4 is 5.69 Å². The zero-order valence-corrected chi connectivity index (χ0v) is 5.52. The maximum atomic E-state index is 10.2. The highest BCUT2D eigenvalue weighted by molar-refractivity contribution is 5.40. The van der Waals surface area contributed by atoms with Crippen molar-refractivity contribution in [2.24, 2.45) is 0 Å². The molecular weight excluding hydrogens is 156 g/mol. The van der Waals surface area contributed by atoms with Gasteiger partial charge in [0.15, 0.2) is 0 Å². The first kappa shape index (κ1) is 10.1. The second-order valence-corrected chi connectivity index (χ2v) is 1.92. The minimum absolute atomic E-state index is 0. The molecule has 0 aliphatic heterocycles. The number of nitriles is 1. The Labute approximate surface area is 70.2 Å². The molecule has 0 bridgehead atoms. The van der Waals surface area contributed by atoms with Crippen molar-refractivity contribution in [1.29, 1.82) is 5.26 Å². The van der Waals surface area contributed by atoms with Crippen LogP contribution < -0.4 is 0 Å². The van der Waals surface area contributed by atoms with Crippen LogP contribution in [-0.4, -0.2) is 4.92 Å². The Hall–Kier alpha value is -1.89. The molecule has 1 aromatic carbocycles. The summed E-state index contributed by atoms with van der Waals surface area (Å²) in [5.41, 5.74) is 0.253. The molecule has 0 saturated carbocycles. The maximum Gasteiger partial charge on any atom is 0.270 e. The highest BCUT2D eigenvalue weighted by Crippen LogP contribution is 2.11. The monoisotopic (exact) mass is 164 g/mol. The van der Waals surface area contributed by atoms with Crippen molar-refractivity contribution in [3.8, 4) is 6.07 Å². The Bertz CT molecular complexity index is 328. The summed E-state index contributed by atoms with van der Waals surface area (Å²) in [5.74, 6) is 0. The quantitative estimate of drug-likeness (QED) is 0.471. The Kier molecular flexibility index (Phi) is 3.44. The summed E-state index contributed by atoms with van der Waals surface area (Å²) in [6, 6.07) is 7.41. The highest BCUT2D eigenvalue weighted by Gasteiger charge is 2.03. The number of hydrogen-bond donors (Lipinski definition) is 0. The van der Waals surface area contributed by atoms with Crippen LogP contribution in [0, 0.1) is 21.4 Å². The third-order valence-corrected chi connectivity index (χ3v) is 1.19. The van der Waals surface area contributed by atoms with E-state index in [2.05, 4.69) is 0 Å². The largest absolute Gasteiger partial charge is 0.270 e. The summed E-state index contributed by atoms with van der Waals surface area (Å²) < 4.78 is 0. The van der Waals surface area contributed by atoms with Crippen LogP contribution in [0.4, 0.5) is 5.69 Å². The number of nitro groups is 1. The average Bonchev–Trinajstić information content (AvgIpc) is 2.05. The Morgan fingerprint density at radius 1 is 1.50 bits per heavy atom. The number of hydrogen-bond acceptors (Lipinski definition) is 3. The van der Waals surface area contributed by atoms with Crippen LogP contribution in [0.5, 0.6) is 0 Å². The normalized spacial score (nSPS) is 7.92. The molecule has 0 fully saturated rings. The van der Waals surface area contributed by atoms with E-state index in [1.807, 2.05) is 6.07 Å². The van der Waals surface area contributed by atoms with E-state index in [9.17, 15) is 10.1 Å². The number of non-ortho nitro benzene ring substituents is 1. The van der Waals surface area contributed by atoms with Crippen molar-refractivity contribution in [3.63, 3.8) is 0 Å². The van der Waals surface area contributed by atoms with Crippen molar-refractivity contribution in [3.05, 3.63) is 39.9 Å². The molecule has 0 radical (unpaired) electrons. The molecule has 1 rings (SSSR count). The van der Waals surface area contributed by atoms with E-state index in [0.717, 1.165) is 0 Å². The molecule has 1 aromatic rings. The molecule has 0 aliphatic carbocycles. The zero-order chi connectivity index (χ0) is 8.27. The van der Waals surface area contributed by atoms with E-state index in [0.29, 0.717) is 5.56 Å². The summed E-state index contributed by atoms with van der Waals surface area (Å²) in [6.45, 7) is 0. The van der Waals surface area contributed by atoms with E-state index in [1.54, 1.807) is 0 Å². The Morgan fingerprint density at radius 2 is 2.17 bits per heavy atom. The van der Waals surface area contributed by atoms with Gasteiger partial charge in [0.25, 0.3) is 5.69 Å². The van der Waals surface area contributed by atoms with E-state index in [4.69, 9.17) is 5.26 Å². The zero-order valence-electron chi connectivity index (χ0n) is 5.52. The van der Waals surface area contributed by atoms with Gasteiger partial charge in [-0.05, 0) is 6.07 Å². The molecular formula is C8H8N2O2. The molecule has 0 aromatic heterocycles. The predicted octanol–water partition coefficient (Wildman–Crippen LogP) is 2.10. The second-order valence-electron chi connectivity index (χ2n) is 1.92. The maximum absolute atomic E-state index is 10.2. The van der Waals surface area contributed by atoms with Crippen LogP contribution in [0.25, 0.3) is 0 Å². The van der Waals surface area contributed by atoms with E-state index in [-0.39, 0.29) is 13.1 Å². The molecule has 0 N–H and O–H groups in total. The van der Waals surface area contributed by atoms with Gasteiger partial charge in [0.1, 0.15) is 0 Å². The van der Waals surface area contributed by atoms with Crippen molar-refractivity contribution < 1.29 is 4.92 Å². The van der Waals surface area contributed by atoms with Gasteiger partial charge in [0.05, 0.1) is 16.6 Å². The van der Waals surface area contributed by atoms with Gasteiger partial charge in [0.2, 0.25) is 0 Å². The van der Waals surface area contributed by atoms with E-state index in [1.165, 1.54) is 24.3 Å². The second kappa shape index (κ2) is 4.09. The molecule has 0 unspecified atom stereocenters. The third kappa shape index (κ3) is 2.06. The molecule has 0 aliphatic rings. The molecule has 62 valence electrons. The topological polar surface area (TPSA) is 66.9 Å². The molecule has 0 spiro atoms. The fourth-order valence-corrected chi connectivity index (χ4v) is 0.689. The lowest BCUT2D eigenvalue weighted by molar-refractivity contribution is -0.384. The number of nitro benzene ring substituents is 1. The molecule has 0 saturated heterocycles. The molecule has 12 heavy (non-hydrogen) atoms. The van der Waals surface area contributed by atoms with Crippen LogP contribution in [0.3, 0.4) is 0 Å². The van der Waals surface area contributed by atoms with Crippen molar-refractivity contribution in [2.45, 2.75) is 7.43 Å². The van der Waals surface area contributed by atoms with Crippen LogP contribution >= 0.6 is 0 Å². The fraction of sp³-hybridized carbons (Fsp3) is 0.125. The predicted molar refractivity (Wildman–Crippen MR) is 44.5 cm³/mol. The van der Waals surface area contributed by atoms with Crippen LogP contribution in [-0.2, 0) is 0 Å². The van der Waals surface area contributed by atoms with Gasteiger partial charge in [-0.25, -0.2) is 0 Å². The third-order valence-electron chi connectivity index (χ3n) is 1.19. The number of benzene rings is 1. The fourth-order valence-electron chi connectivity index (χ4n) is 0.689. The van der Waals surface area contributed by atoms with Gasteiger partial charge in [-0.1, -0.05) is 13.5 Å². The summed E-state index contributed by atoms with van der Waals surface area (Å²) in [7, 11) is 0. The van der Waals surface area contributed by atoms with Crippen LogP contribution in [0.1, 0.15) is 13.0 Å². The van der Waals surface area contributed by atoms with Crippen molar-refractivity contribution in [1.82, 2.24) is 0 Å².